The molecule has 0 bridgehead atoms. The number of nitrogens with one attached hydrogen (secondary N) is 1. The van der Waals surface area contributed by atoms with Crippen molar-refractivity contribution in [3.05, 3.63) is 59.7 Å². The van der Waals surface area contributed by atoms with Crippen LogP contribution in [0.3, 0.4) is 0 Å². The third-order valence-corrected chi connectivity index (χ3v) is 3.71. The molecule has 1 N–H and O–H groups in total. The maximum atomic E-state index is 12.3. The number of amidine groups is 1. The molecule has 2 aromatic rings. The summed E-state index contributed by atoms with van der Waals surface area (Å²) in [5, 5.41) is 2.92. The number of rotatable bonds is 3. The minimum atomic E-state index is -0.0921. The van der Waals surface area contributed by atoms with Crippen molar-refractivity contribution in [2.45, 2.75) is 13.8 Å². The van der Waals surface area contributed by atoms with Gasteiger partial charge in [0.25, 0.3) is 5.91 Å². The summed E-state index contributed by atoms with van der Waals surface area (Å²) in [6.45, 7) is 3.88. The van der Waals surface area contributed by atoms with Crippen molar-refractivity contribution in [3.63, 3.8) is 0 Å². The lowest BCUT2D eigenvalue weighted by atomic mass is 10.1. The van der Waals surface area contributed by atoms with E-state index in [9.17, 15) is 4.79 Å². The molecule has 0 heterocycles. The van der Waals surface area contributed by atoms with Crippen LogP contribution in [0, 0.1) is 6.92 Å². The number of amides is 1. The van der Waals surface area contributed by atoms with Crippen molar-refractivity contribution in [2.75, 3.05) is 24.3 Å². The SMILES string of the molecule is CN=C(C)N(C)c1ccc(NC(=O)c2ccccc2C)cc1. The third-order valence-electron chi connectivity index (χ3n) is 3.71. The molecule has 1 amide bonds. The van der Waals surface area contributed by atoms with Gasteiger partial charge in [0.15, 0.2) is 0 Å². The van der Waals surface area contributed by atoms with Crippen LogP contribution in [0.25, 0.3) is 0 Å². The largest absolute Gasteiger partial charge is 0.334 e. The molecule has 0 saturated carbocycles. The zero-order valence-corrected chi connectivity index (χ0v) is 13.4. The molecule has 0 aliphatic rings. The molecule has 0 radical (unpaired) electrons. The minimum absolute atomic E-state index is 0.0921. The average Bonchev–Trinajstić information content (AvgIpc) is 2.54. The van der Waals surface area contributed by atoms with Gasteiger partial charge >= 0.3 is 0 Å². The first kappa shape index (κ1) is 15.8. The smallest absolute Gasteiger partial charge is 0.255 e. The van der Waals surface area contributed by atoms with Crippen molar-refractivity contribution in [3.8, 4) is 0 Å². The number of anilines is 2. The molecule has 22 heavy (non-hydrogen) atoms. The van der Waals surface area contributed by atoms with Gasteiger partial charge in [-0.2, -0.15) is 0 Å². The summed E-state index contributed by atoms with van der Waals surface area (Å²) in [6, 6.07) is 15.3. The molecule has 0 atom stereocenters. The van der Waals surface area contributed by atoms with Gasteiger partial charge in [-0.05, 0) is 49.7 Å². The van der Waals surface area contributed by atoms with E-state index in [4.69, 9.17) is 0 Å². The molecule has 0 aliphatic heterocycles. The molecule has 0 saturated heterocycles. The molecule has 0 fully saturated rings. The molecular weight excluding hydrogens is 274 g/mol. The van der Waals surface area contributed by atoms with E-state index in [-0.39, 0.29) is 5.91 Å². The maximum Gasteiger partial charge on any atom is 0.255 e. The Morgan fingerprint density at radius 1 is 1.09 bits per heavy atom. The van der Waals surface area contributed by atoms with Gasteiger partial charge in [0.2, 0.25) is 0 Å². The first-order valence-corrected chi connectivity index (χ1v) is 7.17. The summed E-state index contributed by atoms with van der Waals surface area (Å²) in [4.78, 5) is 18.4. The third kappa shape index (κ3) is 3.52. The quantitative estimate of drug-likeness (QED) is 0.692. The number of hydrogen-bond donors (Lipinski definition) is 1. The van der Waals surface area contributed by atoms with Gasteiger partial charge in [-0.1, -0.05) is 18.2 Å². The number of nitrogens with zero attached hydrogens (tertiary/aromatic N) is 2. The van der Waals surface area contributed by atoms with E-state index in [1.807, 2.05) is 74.3 Å². The highest BCUT2D eigenvalue weighted by atomic mass is 16.1. The van der Waals surface area contributed by atoms with E-state index in [0.717, 1.165) is 22.8 Å². The van der Waals surface area contributed by atoms with Crippen LogP contribution in [0.15, 0.2) is 53.5 Å². The molecule has 4 nitrogen and oxygen atoms in total. The second-order valence-corrected chi connectivity index (χ2v) is 5.15. The Labute approximate surface area is 131 Å². The Kier molecular flexibility index (Phi) is 4.94. The fraction of sp³-hybridized carbons (Fsp3) is 0.222. The van der Waals surface area contributed by atoms with Crippen LogP contribution in [0.1, 0.15) is 22.8 Å². The first-order valence-electron chi connectivity index (χ1n) is 7.17. The summed E-state index contributed by atoms with van der Waals surface area (Å²) in [5.41, 5.74) is 3.46. The molecule has 2 rings (SSSR count). The summed E-state index contributed by atoms with van der Waals surface area (Å²) in [7, 11) is 3.73. The Bertz CT molecular complexity index is 690. The van der Waals surface area contributed by atoms with Gasteiger partial charge in [-0.3, -0.25) is 9.79 Å². The lowest BCUT2D eigenvalue weighted by Crippen LogP contribution is -2.23. The standard InChI is InChI=1S/C18H21N3O/c1-13-7-5-6-8-17(13)18(22)20-15-9-11-16(12-10-15)21(4)14(2)19-3/h5-12H,1-4H3,(H,20,22). The Morgan fingerprint density at radius 2 is 1.73 bits per heavy atom. The van der Waals surface area contributed by atoms with Gasteiger partial charge in [0, 0.05) is 31.0 Å². The van der Waals surface area contributed by atoms with Crippen LogP contribution in [0.5, 0.6) is 0 Å². The Hall–Kier alpha value is -2.62. The van der Waals surface area contributed by atoms with Crippen molar-refractivity contribution < 1.29 is 4.79 Å². The number of benzene rings is 2. The van der Waals surface area contributed by atoms with Crippen LogP contribution in [0.2, 0.25) is 0 Å². The van der Waals surface area contributed by atoms with Crippen LogP contribution >= 0.6 is 0 Å². The topological polar surface area (TPSA) is 44.7 Å². The van der Waals surface area contributed by atoms with Crippen molar-refractivity contribution in [1.82, 2.24) is 0 Å². The van der Waals surface area contributed by atoms with Gasteiger partial charge in [0.05, 0.1) is 5.84 Å². The monoisotopic (exact) mass is 295 g/mol. The molecule has 0 spiro atoms. The fourth-order valence-electron chi connectivity index (χ4n) is 2.13. The summed E-state index contributed by atoms with van der Waals surface area (Å²) in [6.07, 6.45) is 0. The van der Waals surface area contributed by atoms with Crippen molar-refractivity contribution in [2.24, 2.45) is 4.99 Å². The Morgan fingerprint density at radius 3 is 2.32 bits per heavy atom. The van der Waals surface area contributed by atoms with Gasteiger partial charge in [0.1, 0.15) is 0 Å². The normalized spacial score (nSPS) is 11.2. The zero-order chi connectivity index (χ0) is 16.1. The Balaban J connectivity index is 2.12. The van der Waals surface area contributed by atoms with E-state index < -0.39 is 0 Å². The number of aryl methyl sites for hydroxylation is 1. The molecule has 114 valence electrons. The molecule has 0 aliphatic carbocycles. The second kappa shape index (κ2) is 6.89. The predicted octanol–water partition coefficient (Wildman–Crippen LogP) is 3.73. The second-order valence-electron chi connectivity index (χ2n) is 5.15. The lowest BCUT2D eigenvalue weighted by Gasteiger charge is -2.18. The van der Waals surface area contributed by atoms with Crippen molar-refractivity contribution in [1.29, 1.82) is 0 Å². The molecule has 0 unspecified atom stereocenters. The highest BCUT2D eigenvalue weighted by molar-refractivity contribution is 6.05. The first-order chi connectivity index (χ1) is 10.5. The fourth-order valence-corrected chi connectivity index (χ4v) is 2.13. The number of hydrogen-bond acceptors (Lipinski definition) is 2. The van der Waals surface area contributed by atoms with Crippen LogP contribution in [-0.2, 0) is 0 Å². The number of aliphatic imine (C=N–C) groups is 1. The molecule has 0 aromatic heterocycles. The minimum Gasteiger partial charge on any atom is -0.334 e. The molecular formula is C18H21N3O. The summed E-state index contributed by atoms with van der Waals surface area (Å²) < 4.78 is 0. The van der Waals surface area contributed by atoms with Crippen LogP contribution in [-0.4, -0.2) is 25.8 Å². The summed E-state index contributed by atoms with van der Waals surface area (Å²) in [5.74, 6) is 0.835. The average molecular weight is 295 g/mol. The predicted molar refractivity (Wildman–Crippen MR) is 93.0 cm³/mol. The maximum absolute atomic E-state index is 12.3. The highest BCUT2D eigenvalue weighted by Crippen LogP contribution is 2.18. The van der Waals surface area contributed by atoms with Crippen LogP contribution in [0.4, 0.5) is 11.4 Å². The van der Waals surface area contributed by atoms with Crippen LogP contribution < -0.4 is 10.2 Å². The number of carbonyl (C=O) groups excluding carboxylic acids is 1. The lowest BCUT2D eigenvalue weighted by molar-refractivity contribution is 0.102. The van der Waals surface area contributed by atoms with E-state index in [1.165, 1.54) is 0 Å². The molecule has 2 aromatic carbocycles. The summed E-state index contributed by atoms with van der Waals surface area (Å²) >= 11 is 0. The zero-order valence-electron chi connectivity index (χ0n) is 13.4. The van der Waals surface area contributed by atoms with E-state index in [0.29, 0.717) is 5.56 Å². The van der Waals surface area contributed by atoms with E-state index in [1.54, 1.807) is 7.05 Å². The molecule has 4 heteroatoms. The van der Waals surface area contributed by atoms with E-state index >= 15 is 0 Å². The van der Waals surface area contributed by atoms with Gasteiger partial charge in [-0.25, -0.2) is 0 Å². The highest BCUT2D eigenvalue weighted by Gasteiger charge is 2.09. The van der Waals surface area contributed by atoms with Crippen molar-refractivity contribution >= 4 is 23.1 Å². The van der Waals surface area contributed by atoms with Gasteiger partial charge < -0.3 is 10.2 Å². The van der Waals surface area contributed by atoms with E-state index in [2.05, 4.69) is 10.3 Å². The number of carbonyl (C=O) groups is 1. The van der Waals surface area contributed by atoms with Gasteiger partial charge in [-0.15, -0.1) is 0 Å².